The van der Waals surface area contributed by atoms with Crippen LogP contribution in [0.5, 0.6) is 0 Å². The van der Waals surface area contributed by atoms with Gasteiger partial charge in [0.2, 0.25) is 0 Å². The topological polar surface area (TPSA) is 49.3 Å². The number of benzene rings is 1. The second-order valence-corrected chi connectivity index (χ2v) is 6.59. The van der Waals surface area contributed by atoms with Crippen LogP contribution in [-0.4, -0.2) is 23.7 Å². The van der Waals surface area contributed by atoms with Gasteiger partial charge in [0.1, 0.15) is 5.82 Å². The second-order valence-electron chi connectivity index (χ2n) is 5.73. The molecule has 1 unspecified atom stereocenters. The number of hydrogen-bond donors (Lipinski definition) is 2. The maximum absolute atomic E-state index is 13.0. The van der Waals surface area contributed by atoms with E-state index in [1.54, 1.807) is 19.9 Å². The molecule has 1 aromatic carbocycles. The molecule has 0 spiro atoms. The Hall–Kier alpha value is -0.940. The molecule has 0 aromatic heterocycles. The van der Waals surface area contributed by atoms with Crippen LogP contribution in [0.1, 0.15) is 32.8 Å². The van der Waals surface area contributed by atoms with Crippen LogP contribution >= 0.6 is 15.9 Å². The van der Waals surface area contributed by atoms with E-state index in [-0.39, 0.29) is 11.9 Å². The number of hydrogen-bond acceptors (Lipinski definition) is 2. The molecule has 112 valence electrons. The number of rotatable bonds is 7. The summed E-state index contributed by atoms with van der Waals surface area (Å²) in [4.78, 5) is 11.0. The highest BCUT2D eigenvalue weighted by molar-refractivity contribution is 9.10. The molecule has 0 radical (unpaired) electrons. The van der Waals surface area contributed by atoms with Crippen molar-refractivity contribution in [3.8, 4) is 0 Å². The van der Waals surface area contributed by atoms with Gasteiger partial charge >= 0.3 is 5.97 Å². The van der Waals surface area contributed by atoms with Gasteiger partial charge in [-0.25, -0.2) is 4.39 Å². The van der Waals surface area contributed by atoms with Crippen molar-refractivity contribution in [2.45, 2.75) is 39.7 Å². The van der Waals surface area contributed by atoms with E-state index >= 15 is 0 Å². The van der Waals surface area contributed by atoms with Crippen LogP contribution in [0.25, 0.3) is 0 Å². The molecular weight excluding hydrogens is 325 g/mol. The van der Waals surface area contributed by atoms with E-state index in [2.05, 4.69) is 21.2 Å². The number of nitrogens with one attached hydrogen (secondary N) is 1. The molecule has 0 fully saturated rings. The average molecular weight is 346 g/mol. The summed E-state index contributed by atoms with van der Waals surface area (Å²) in [6.07, 6.45) is 1.33. The number of carbonyl (C=O) groups is 1. The zero-order valence-electron chi connectivity index (χ0n) is 12.0. The maximum Gasteiger partial charge on any atom is 0.309 e. The van der Waals surface area contributed by atoms with Crippen molar-refractivity contribution in [3.63, 3.8) is 0 Å². The molecule has 0 amide bonds. The van der Waals surface area contributed by atoms with Crippen LogP contribution in [0.4, 0.5) is 4.39 Å². The molecule has 1 atom stereocenters. The fourth-order valence-electron chi connectivity index (χ4n) is 1.83. The Morgan fingerprint density at radius 2 is 2.15 bits per heavy atom. The van der Waals surface area contributed by atoms with Gasteiger partial charge in [-0.3, -0.25) is 4.79 Å². The van der Waals surface area contributed by atoms with Gasteiger partial charge < -0.3 is 10.4 Å². The zero-order valence-corrected chi connectivity index (χ0v) is 13.6. The minimum absolute atomic E-state index is 0.196. The van der Waals surface area contributed by atoms with Gasteiger partial charge in [-0.2, -0.15) is 0 Å². The quantitative estimate of drug-likeness (QED) is 0.793. The molecule has 2 N–H and O–H groups in total. The van der Waals surface area contributed by atoms with Gasteiger partial charge in [-0.05, 0) is 57.9 Å². The number of halogens is 2. The van der Waals surface area contributed by atoms with Crippen molar-refractivity contribution in [1.29, 1.82) is 0 Å². The zero-order chi connectivity index (χ0) is 15.3. The highest BCUT2D eigenvalue weighted by Crippen LogP contribution is 2.21. The van der Waals surface area contributed by atoms with Crippen molar-refractivity contribution < 1.29 is 14.3 Å². The number of aliphatic carboxylic acids is 1. The molecule has 0 saturated heterocycles. The van der Waals surface area contributed by atoms with Crippen LogP contribution in [0.2, 0.25) is 0 Å². The van der Waals surface area contributed by atoms with E-state index in [0.717, 1.165) is 16.5 Å². The van der Waals surface area contributed by atoms with E-state index in [1.807, 2.05) is 6.92 Å². The van der Waals surface area contributed by atoms with Crippen LogP contribution in [0.15, 0.2) is 22.7 Å². The molecule has 0 aliphatic carbocycles. The first-order valence-corrected chi connectivity index (χ1v) is 7.42. The summed E-state index contributed by atoms with van der Waals surface area (Å²) in [6.45, 7) is 6.11. The van der Waals surface area contributed by atoms with E-state index in [4.69, 9.17) is 5.11 Å². The molecule has 1 rings (SSSR count). The third-order valence-corrected chi connectivity index (χ3v) is 4.10. The Bertz CT molecular complexity index is 477. The third kappa shape index (κ3) is 5.21. The van der Waals surface area contributed by atoms with E-state index < -0.39 is 11.4 Å². The monoisotopic (exact) mass is 345 g/mol. The Labute approximate surface area is 127 Å². The minimum atomic E-state index is -0.784. The van der Waals surface area contributed by atoms with Crippen molar-refractivity contribution in [2.24, 2.45) is 5.41 Å². The SMILES string of the molecule is CC(Cc1ccc(F)cc1Br)NCCC(C)(C)C(=O)O. The lowest BCUT2D eigenvalue weighted by molar-refractivity contribution is -0.147. The molecule has 0 bridgehead atoms. The normalized spacial score (nSPS) is 13.2. The first-order chi connectivity index (χ1) is 9.22. The largest absolute Gasteiger partial charge is 0.481 e. The average Bonchev–Trinajstić information content (AvgIpc) is 2.32. The lowest BCUT2D eigenvalue weighted by Crippen LogP contribution is -2.34. The number of carboxylic acids is 1. The van der Waals surface area contributed by atoms with Crippen molar-refractivity contribution in [3.05, 3.63) is 34.1 Å². The Kier molecular flexibility index (Phi) is 6.14. The minimum Gasteiger partial charge on any atom is -0.481 e. The smallest absolute Gasteiger partial charge is 0.309 e. The molecule has 5 heteroatoms. The van der Waals surface area contributed by atoms with E-state index in [0.29, 0.717) is 13.0 Å². The summed E-state index contributed by atoms with van der Waals surface area (Å²) < 4.78 is 13.8. The van der Waals surface area contributed by atoms with Crippen molar-refractivity contribution in [1.82, 2.24) is 5.32 Å². The predicted molar refractivity (Wildman–Crippen MR) is 81.3 cm³/mol. The molecule has 1 aromatic rings. The Balaban J connectivity index is 2.44. The van der Waals surface area contributed by atoms with Gasteiger partial charge in [0.25, 0.3) is 0 Å². The Morgan fingerprint density at radius 1 is 1.50 bits per heavy atom. The Morgan fingerprint density at radius 3 is 2.70 bits per heavy atom. The third-order valence-electron chi connectivity index (χ3n) is 3.36. The highest BCUT2D eigenvalue weighted by atomic mass is 79.9. The van der Waals surface area contributed by atoms with Crippen LogP contribution in [0, 0.1) is 11.2 Å². The van der Waals surface area contributed by atoms with Gasteiger partial charge in [-0.15, -0.1) is 0 Å². The van der Waals surface area contributed by atoms with Crippen LogP contribution < -0.4 is 5.32 Å². The number of carboxylic acid groups (broad SMARTS) is 1. The molecule has 20 heavy (non-hydrogen) atoms. The summed E-state index contributed by atoms with van der Waals surface area (Å²) in [5, 5.41) is 12.3. The summed E-state index contributed by atoms with van der Waals surface area (Å²) in [7, 11) is 0. The molecule has 0 heterocycles. The van der Waals surface area contributed by atoms with E-state index in [9.17, 15) is 9.18 Å². The fraction of sp³-hybridized carbons (Fsp3) is 0.533. The summed E-state index contributed by atoms with van der Waals surface area (Å²) in [5.74, 6) is -1.04. The predicted octanol–water partition coefficient (Wildman–Crippen LogP) is 3.61. The molecule has 0 aliphatic rings. The van der Waals surface area contributed by atoms with Crippen molar-refractivity contribution in [2.75, 3.05) is 6.54 Å². The van der Waals surface area contributed by atoms with Crippen molar-refractivity contribution >= 4 is 21.9 Å². The van der Waals surface area contributed by atoms with E-state index in [1.165, 1.54) is 12.1 Å². The summed E-state index contributed by atoms with van der Waals surface area (Å²) >= 11 is 3.35. The van der Waals surface area contributed by atoms with Crippen LogP contribution in [0.3, 0.4) is 0 Å². The summed E-state index contributed by atoms with van der Waals surface area (Å²) in [5.41, 5.74) is 0.312. The molecular formula is C15H21BrFNO2. The lowest BCUT2D eigenvalue weighted by Gasteiger charge is -2.21. The van der Waals surface area contributed by atoms with Gasteiger partial charge in [0, 0.05) is 10.5 Å². The van der Waals surface area contributed by atoms with Crippen LogP contribution in [-0.2, 0) is 11.2 Å². The second kappa shape index (κ2) is 7.18. The molecule has 0 aliphatic heterocycles. The highest BCUT2D eigenvalue weighted by Gasteiger charge is 2.26. The fourth-order valence-corrected chi connectivity index (χ4v) is 2.34. The van der Waals surface area contributed by atoms with Gasteiger partial charge in [0.15, 0.2) is 0 Å². The molecule has 3 nitrogen and oxygen atoms in total. The molecule has 0 saturated carbocycles. The van der Waals surface area contributed by atoms with Gasteiger partial charge in [-0.1, -0.05) is 22.0 Å². The standard InChI is InChI=1S/C15H21BrFNO2/c1-10(18-7-6-15(2,3)14(19)20)8-11-4-5-12(17)9-13(11)16/h4-5,9-10,18H,6-8H2,1-3H3,(H,19,20). The first-order valence-electron chi connectivity index (χ1n) is 6.63. The van der Waals surface area contributed by atoms with Gasteiger partial charge in [0.05, 0.1) is 5.41 Å². The summed E-state index contributed by atoms with van der Waals surface area (Å²) in [6, 6.07) is 4.86. The maximum atomic E-state index is 13.0. The first kappa shape index (κ1) is 17.1. The lowest BCUT2D eigenvalue weighted by atomic mass is 9.89.